The molecule has 0 aliphatic rings. The Kier molecular flexibility index (Phi) is 7.90. The molecule has 0 aromatic rings. The molecular weight excluding hydrogens is 184 g/mol. The van der Waals surface area contributed by atoms with E-state index in [0.717, 1.165) is 30.8 Å². The summed E-state index contributed by atoms with van der Waals surface area (Å²) < 4.78 is 0. The van der Waals surface area contributed by atoms with Gasteiger partial charge in [0.25, 0.3) is 0 Å². The van der Waals surface area contributed by atoms with E-state index in [-0.39, 0.29) is 0 Å². The van der Waals surface area contributed by atoms with Crippen molar-refractivity contribution < 1.29 is 9.90 Å². The molecule has 76 valence electrons. The van der Waals surface area contributed by atoms with Crippen molar-refractivity contribution in [3.63, 3.8) is 0 Å². The highest BCUT2D eigenvalue weighted by Gasteiger charge is 1.96. The largest absolute Gasteiger partial charge is 0.481 e. The van der Waals surface area contributed by atoms with E-state index < -0.39 is 5.97 Å². The fourth-order valence-electron chi connectivity index (χ4n) is 0.904. The molecule has 0 unspecified atom stereocenters. The molecule has 0 heterocycles. The first-order chi connectivity index (χ1) is 6.13. The van der Waals surface area contributed by atoms with Crippen LogP contribution in [0.5, 0.6) is 0 Å². The molecule has 13 heavy (non-hydrogen) atoms. The number of hydrogen-bond donors (Lipinski definition) is 1. The van der Waals surface area contributed by atoms with Crippen LogP contribution in [-0.2, 0) is 4.79 Å². The molecule has 0 saturated carbocycles. The Hall–Kier alpha value is -0.440. The van der Waals surface area contributed by atoms with Crippen molar-refractivity contribution in [3.8, 4) is 0 Å². The Balaban J connectivity index is 3.00. The van der Waals surface area contributed by atoms with Gasteiger partial charge in [-0.1, -0.05) is 18.6 Å². The van der Waals surface area contributed by atoms with Crippen LogP contribution in [0.2, 0.25) is 0 Å². The van der Waals surface area contributed by atoms with Crippen molar-refractivity contribution in [2.45, 2.75) is 32.6 Å². The first-order valence-corrected chi connectivity index (χ1v) is 5.72. The minimum absolute atomic E-state index is 0.311. The smallest absolute Gasteiger partial charge is 0.303 e. The lowest BCUT2D eigenvalue weighted by Crippen LogP contribution is -1.94. The SMILES string of the molecule is C=C(C)CSCCCCCC(=O)O. The minimum Gasteiger partial charge on any atom is -0.481 e. The third kappa shape index (κ3) is 11.6. The fraction of sp³-hybridized carbons (Fsp3) is 0.700. The molecule has 0 spiro atoms. The van der Waals surface area contributed by atoms with E-state index >= 15 is 0 Å². The zero-order valence-electron chi connectivity index (χ0n) is 8.21. The van der Waals surface area contributed by atoms with Gasteiger partial charge in [0.1, 0.15) is 0 Å². The molecule has 0 bridgehead atoms. The molecule has 0 fully saturated rings. The summed E-state index contributed by atoms with van der Waals surface area (Å²) >= 11 is 1.87. The first-order valence-electron chi connectivity index (χ1n) is 4.57. The summed E-state index contributed by atoms with van der Waals surface area (Å²) in [4.78, 5) is 10.2. The van der Waals surface area contributed by atoms with Crippen LogP contribution in [0.25, 0.3) is 0 Å². The van der Waals surface area contributed by atoms with Gasteiger partial charge in [-0.2, -0.15) is 11.8 Å². The lowest BCUT2D eigenvalue weighted by atomic mass is 10.2. The average Bonchev–Trinajstić information content (AvgIpc) is 2.01. The third-order valence-corrected chi connectivity index (χ3v) is 2.80. The maximum atomic E-state index is 10.2. The first kappa shape index (κ1) is 12.6. The molecule has 0 radical (unpaired) electrons. The Labute approximate surface area is 84.4 Å². The number of rotatable bonds is 8. The third-order valence-electron chi connectivity index (χ3n) is 1.53. The van der Waals surface area contributed by atoms with Gasteiger partial charge in [-0.05, 0) is 25.5 Å². The summed E-state index contributed by atoms with van der Waals surface area (Å²) in [6.45, 7) is 5.84. The highest BCUT2D eigenvalue weighted by atomic mass is 32.2. The second-order valence-corrected chi connectivity index (χ2v) is 4.32. The van der Waals surface area contributed by atoms with Crippen LogP contribution in [0.3, 0.4) is 0 Å². The number of hydrogen-bond acceptors (Lipinski definition) is 2. The maximum Gasteiger partial charge on any atom is 0.303 e. The van der Waals surface area contributed by atoms with E-state index in [2.05, 4.69) is 6.58 Å². The zero-order chi connectivity index (χ0) is 10.1. The lowest BCUT2D eigenvalue weighted by Gasteiger charge is -2.00. The Bertz CT molecular complexity index is 148. The van der Waals surface area contributed by atoms with Gasteiger partial charge in [0.05, 0.1) is 0 Å². The quantitative estimate of drug-likeness (QED) is 0.485. The second kappa shape index (κ2) is 8.17. The second-order valence-electron chi connectivity index (χ2n) is 3.21. The number of carbonyl (C=O) groups is 1. The van der Waals surface area contributed by atoms with Crippen molar-refractivity contribution in [1.82, 2.24) is 0 Å². The van der Waals surface area contributed by atoms with E-state index in [9.17, 15) is 4.79 Å². The summed E-state index contributed by atoms with van der Waals surface area (Å²) in [5.41, 5.74) is 1.20. The highest BCUT2D eigenvalue weighted by molar-refractivity contribution is 7.99. The molecule has 0 saturated heterocycles. The average molecular weight is 202 g/mol. The van der Waals surface area contributed by atoms with Crippen molar-refractivity contribution in [3.05, 3.63) is 12.2 Å². The standard InChI is InChI=1S/C10H18O2S/c1-9(2)8-13-7-5-3-4-6-10(11)12/h1,3-8H2,2H3,(H,11,12). The minimum atomic E-state index is -0.686. The van der Waals surface area contributed by atoms with Gasteiger partial charge in [-0.3, -0.25) is 4.79 Å². The molecule has 0 aromatic carbocycles. The summed E-state index contributed by atoms with van der Waals surface area (Å²) in [6, 6.07) is 0. The molecular formula is C10H18O2S. The van der Waals surface area contributed by atoms with Crippen LogP contribution in [0, 0.1) is 0 Å². The lowest BCUT2D eigenvalue weighted by molar-refractivity contribution is -0.137. The van der Waals surface area contributed by atoms with Crippen LogP contribution >= 0.6 is 11.8 Å². The van der Waals surface area contributed by atoms with Gasteiger partial charge in [0, 0.05) is 12.2 Å². The number of carboxylic acid groups (broad SMARTS) is 1. The number of thioether (sulfide) groups is 1. The molecule has 0 aliphatic carbocycles. The van der Waals surface area contributed by atoms with Crippen LogP contribution in [0.1, 0.15) is 32.6 Å². The van der Waals surface area contributed by atoms with Gasteiger partial charge < -0.3 is 5.11 Å². The van der Waals surface area contributed by atoms with Crippen LogP contribution in [-0.4, -0.2) is 22.6 Å². The van der Waals surface area contributed by atoms with E-state index in [1.165, 1.54) is 5.57 Å². The highest BCUT2D eigenvalue weighted by Crippen LogP contribution is 2.10. The van der Waals surface area contributed by atoms with E-state index in [1.54, 1.807) is 0 Å². The Morgan fingerprint density at radius 1 is 1.38 bits per heavy atom. The van der Waals surface area contributed by atoms with E-state index in [1.807, 2.05) is 18.7 Å². The summed E-state index contributed by atoms with van der Waals surface area (Å²) in [5.74, 6) is 1.46. The van der Waals surface area contributed by atoms with Crippen LogP contribution in [0.15, 0.2) is 12.2 Å². The van der Waals surface area contributed by atoms with Gasteiger partial charge in [0.2, 0.25) is 0 Å². The van der Waals surface area contributed by atoms with Crippen LogP contribution in [0.4, 0.5) is 0 Å². The van der Waals surface area contributed by atoms with Crippen molar-refractivity contribution in [2.24, 2.45) is 0 Å². The number of carboxylic acids is 1. The summed E-state index contributed by atoms with van der Waals surface area (Å²) in [7, 11) is 0. The molecule has 0 atom stereocenters. The molecule has 1 N–H and O–H groups in total. The van der Waals surface area contributed by atoms with Gasteiger partial charge in [0.15, 0.2) is 0 Å². The Morgan fingerprint density at radius 2 is 2.08 bits per heavy atom. The molecule has 2 nitrogen and oxygen atoms in total. The van der Waals surface area contributed by atoms with Crippen molar-refractivity contribution in [2.75, 3.05) is 11.5 Å². The molecule has 0 rings (SSSR count). The topological polar surface area (TPSA) is 37.3 Å². The predicted molar refractivity (Wildman–Crippen MR) is 58.2 cm³/mol. The Morgan fingerprint density at radius 3 is 2.62 bits per heavy atom. The monoisotopic (exact) mass is 202 g/mol. The molecule has 0 aromatic heterocycles. The van der Waals surface area contributed by atoms with Gasteiger partial charge in [-0.25, -0.2) is 0 Å². The molecule has 0 aliphatic heterocycles. The predicted octanol–water partition coefficient (Wildman–Crippen LogP) is 2.94. The molecule has 0 amide bonds. The summed E-state index contributed by atoms with van der Waals surface area (Å²) in [6.07, 6.45) is 3.26. The van der Waals surface area contributed by atoms with Crippen LogP contribution < -0.4 is 0 Å². The van der Waals surface area contributed by atoms with Gasteiger partial charge >= 0.3 is 5.97 Å². The zero-order valence-corrected chi connectivity index (χ0v) is 9.03. The van der Waals surface area contributed by atoms with Crippen molar-refractivity contribution in [1.29, 1.82) is 0 Å². The maximum absolute atomic E-state index is 10.2. The molecule has 3 heteroatoms. The normalized spacial score (nSPS) is 9.92. The fourth-order valence-corrected chi connectivity index (χ4v) is 1.80. The van der Waals surface area contributed by atoms with Crippen molar-refractivity contribution >= 4 is 17.7 Å². The van der Waals surface area contributed by atoms with Gasteiger partial charge in [-0.15, -0.1) is 0 Å². The van der Waals surface area contributed by atoms with E-state index in [4.69, 9.17) is 5.11 Å². The van der Waals surface area contributed by atoms with E-state index in [0.29, 0.717) is 6.42 Å². The number of aliphatic carboxylic acids is 1. The summed E-state index contributed by atoms with van der Waals surface area (Å²) in [5, 5.41) is 8.37. The number of unbranched alkanes of at least 4 members (excludes halogenated alkanes) is 2.